The number of allylic oxidation sites excluding steroid dienone is 3. The normalized spacial score (nSPS) is 17.0. The van der Waals surface area contributed by atoms with Crippen molar-refractivity contribution in [1.29, 1.82) is 0 Å². The maximum Gasteiger partial charge on any atom is 0.326 e. The molecule has 1 fully saturated rings. The monoisotopic (exact) mass is 379 g/mol. The number of hydrogen-bond acceptors (Lipinski definition) is 3. The van der Waals surface area contributed by atoms with Crippen molar-refractivity contribution >= 4 is 11.7 Å². The Bertz CT molecular complexity index is 966. The predicted molar refractivity (Wildman–Crippen MR) is 108 cm³/mol. The van der Waals surface area contributed by atoms with Crippen molar-refractivity contribution in [3.05, 3.63) is 89.7 Å². The lowest BCUT2D eigenvalue weighted by Crippen LogP contribution is -2.47. The van der Waals surface area contributed by atoms with Gasteiger partial charge in [0.1, 0.15) is 23.9 Å². The summed E-state index contributed by atoms with van der Waals surface area (Å²) in [6.07, 6.45) is 6.90. The van der Waals surface area contributed by atoms with Gasteiger partial charge in [-0.15, -0.1) is 0 Å². The minimum Gasteiger partial charge on any atom is -0.487 e. The Hall–Kier alpha value is -3.41. The molecule has 144 valence electrons. The van der Waals surface area contributed by atoms with Gasteiger partial charge in [0.25, 0.3) is 0 Å². The van der Waals surface area contributed by atoms with Crippen molar-refractivity contribution in [1.82, 2.24) is 10.3 Å². The maximum atomic E-state index is 13.7. The van der Waals surface area contributed by atoms with Gasteiger partial charge < -0.3 is 10.1 Å². The van der Waals surface area contributed by atoms with Crippen LogP contribution in [0.2, 0.25) is 0 Å². The molecule has 0 saturated carbocycles. The first-order chi connectivity index (χ1) is 13.5. The molecule has 5 nitrogen and oxygen atoms in total. The highest BCUT2D eigenvalue weighted by atomic mass is 19.1. The van der Waals surface area contributed by atoms with Crippen LogP contribution < -0.4 is 15.0 Å². The third kappa shape index (κ3) is 4.11. The highest BCUT2D eigenvalue weighted by Gasteiger charge is 2.26. The number of benzene rings is 1. The van der Waals surface area contributed by atoms with E-state index in [0.717, 1.165) is 22.5 Å². The largest absolute Gasteiger partial charge is 0.487 e. The van der Waals surface area contributed by atoms with Crippen molar-refractivity contribution < 1.29 is 13.9 Å². The van der Waals surface area contributed by atoms with Crippen LogP contribution in [0.1, 0.15) is 18.2 Å². The first kappa shape index (κ1) is 19.4. The molecule has 1 aromatic heterocycles. The molecule has 3 rings (SSSR count). The molecule has 1 N–H and O–H groups in total. The highest BCUT2D eigenvalue weighted by Crippen LogP contribution is 2.30. The van der Waals surface area contributed by atoms with Crippen LogP contribution in [0.5, 0.6) is 5.75 Å². The Balaban J connectivity index is 1.83. The fraction of sp³-hybridized carbons (Fsp3) is 0.182. The SMILES string of the molecule is C=C/C=C1/NC(=O)N(c2cc(OCc3ncccc3F)ccc2C)C/C1=C/C. The van der Waals surface area contributed by atoms with Gasteiger partial charge in [0.2, 0.25) is 0 Å². The number of carbonyl (C=O) groups excluding carboxylic acids is 1. The zero-order valence-corrected chi connectivity index (χ0v) is 15.9. The van der Waals surface area contributed by atoms with E-state index >= 15 is 0 Å². The summed E-state index contributed by atoms with van der Waals surface area (Å²) in [5.74, 6) is 0.123. The highest BCUT2D eigenvalue weighted by molar-refractivity contribution is 5.97. The van der Waals surface area contributed by atoms with E-state index in [0.29, 0.717) is 12.3 Å². The Labute approximate surface area is 163 Å². The molecule has 0 radical (unpaired) electrons. The lowest BCUT2D eigenvalue weighted by Gasteiger charge is -2.32. The zero-order valence-electron chi connectivity index (χ0n) is 15.9. The van der Waals surface area contributed by atoms with Gasteiger partial charge in [-0.05, 0) is 49.3 Å². The molecule has 2 aromatic rings. The number of halogens is 1. The predicted octanol–water partition coefficient (Wildman–Crippen LogP) is 4.65. The number of carbonyl (C=O) groups is 1. The van der Waals surface area contributed by atoms with E-state index in [2.05, 4.69) is 16.9 Å². The van der Waals surface area contributed by atoms with E-state index in [9.17, 15) is 9.18 Å². The first-order valence-electron chi connectivity index (χ1n) is 8.93. The van der Waals surface area contributed by atoms with E-state index in [4.69, 9.17) is 4.74 Å². The molecule has 2 amide bonds. The van der Waals surface area contributed by atoms with Crippen LogP contribution in [-0.4, -0.2) is 17.6 Å². The quantitative estimate of drug-likeness (QED) is 0.822. The number of urea groups is 1. The molecule has 0 unspecified atom stereocenters. The van der Waals surface area contributed by atoms with Crippen LogP contribution in [0.3, 0.4) is 0 Å². The molecule has 1 aliphatic rings. The molecule has 0 bridgehead atoms. The van der Waals surface area contributed by atoms with Crippen LogP contribution in [-0.2, 0) is 6.61 Å². The third-order valence-corrected chi connectivity index (χ3v) is 4.48. The molecule has 2 heterocycles. The van der Waals surface area contributed by atoms with Crippen molar-refractivity contribution in [3.8, 4) is 5.75 Å². The van der Waals surface area contributed by atoms with Crippen molar-refractivity contribution in [3.63, 3.8) is 0 Å². The molecule has 28 heavy (non-hydrogen) atoms. The van der Waals surface area contributed by atoms with Gasteiger partial charge in [0.05, 0.1) is 12.2 Å². The van der Waals surface area contributed by atoms with Gasteiger partial charge in [-0.3, -0.25) is 9.88 Å². The molecule has 1 aliphatic heterocycles. The Morgan fingerprint density at radius 3 is 2.93 bits per heavy atom. The van der Waals surface area contributed by atoms with Crippen LogP contribution >= 0.6 is 0 Å². The van der Waals surface area contributed by atoms with Crippen LogP contribution in [0, 0.1) is 12.7 Å². The molecule has 0 atom stereocenters. The summed E-state index contributed by atoms with van der Waals surface area (Å²) in [7, 11) is 0. The second-order valence-electron chi connectivity index (χ2n) is 6.32. The van der Waals surface area contributed by atoms with E-state index in [1.807, 2.05) is 26.0 Å². The Morgan fingerprint density at radius 2 is 2.21 bits per heavy atom. The molecule has 1 saturated heterocycles. The zero-order chi connectivity index (χ0) is 20.1. The average Bonchev–Trinajstić information content (AvgIpc) is 2.69. The van der Waals surface area contributed by atoms with Crippen molar-refractivity contribution in [2.75, 3.05) is 11.4 Å². The molecular weight excluding hydrogens is 357 g/mol. The summed E-state index contributed by atoms with van der Waals surface area (Å²) < 4.78 is 19.4. The fourth-order valence-corrected chi connectivity index (χ4v) is 2.94. The summed E-state index contributed by atoms with van der Waals surface area (Å²) in [6.45, 7) is 7.98. The van der Waals surface area contributed by atoms with Crippen LogP contribution in [0.4, 0.5) is 14.9 Å². The standard InChI is InChI=1S/C22H22FN3O2/c1-4-7-19-16(5-2)13-26(22(27)25-19)21-12-17(10-9-15(21)3)28-14-20-18(23)8-6-11-24-20/h4-12H,1,13-14H2,2-3H3,(H,25,27)/b16-5-,19-7+. The minimum atomic E-state index is -0.412. The van der Waals surface area contributed by atoms with E-state index in [-0.39, 0.29) is 18.3 Å². The Kier molecular flexibility index (Phi) is 5.89. The lowest BCUT2D eigenvalue weighted by atomic mass is 10.1. The Morgan fingerprint density at radius 1 is 1.39 bits per heavy atom. The number of hydrogen-bond donors (Lipinski definition) is 1. The third-order valence-electron chi connectivity index (χ3n) is 4.48. The van der Waals surface area contributed by atoms with Gasteiger partial charge in [-0.2, -0.15) is 0 Å². The molecule has 0 spiro atoms. The summed E-state index contributed by atoms with van der Waals surface area (Å²) in [5, 5.41) is 2.89. The number of anilines is 1. The maximum absolute atomic E-state index is 13.7. The van der Waals surface area contributed by atoms with Gasteiger partial charge in [-0.25, -0.2) is 9.18 Å². The molecule has 1 aromatic carbocycles. The van der Waals surface area contributed by atoms with E-state index in [1.54, 1.807) is 29.2 Å². The first-order valence-corrected chi connectivity index (χ1v) is 8.93. The number of nitrogens with one attached hydrogen (secondary N) is 1. The van der Waals surface area contributed by atoms with Gasteiger partial charge in [0, 0.05) is 18.0 Å². The van der Waals surface area contributed by atoms with Gasteiger partial charge >= 0.3 is 6.03 Å². The molecular formula is C22H22FN3O2. The smallest absolute Gasteiger partial charge is 0.326 e. The topological polar surface area (TPSA) is 54.5 Å². The summed E-state index contributed by atoms with van der Waals surface area (Å²) in [5.41, 5.74) is 3.62. The van der Waals surface area contributed by atoms with Crippen molar-refractivity contribution in [2.45, 2.75) is 20.5 Å². The summed E-state index contributed by atoms with van der Waals surface area (Å²) in [6, 6.07) is 8.10. The van der Waals surface area contributed by atoms with Crippen LogP contribution in [0.25, 0.3) is 0 Å². The second-order valence-corrected chi connectivity index (χ2v) is 6.32. The fourth-order valence-electron chi connectivity index (χ4n) is 2.94. The van der Waals surface area contributed by atoms with Crippen molar-refractivity contribution in [2.24, 2.45) is 0 Å². The number of amides is 2. The average molecular weight is 379 g/mol. The van der Waals surface area contributed by atoms with Gasteiger partial charge in [-0.1, -0.05) is 24.8 Å². The lowest BCUT2D eigenvalue weighted by molar-refractivity contribution is 0.247. The van der Waals surface area contributed by atoms with Gasteiger partial charge in [0.15, 0.2) is 0 Å². The molecule has 0 aliphatic carbocycles. The summed E-state index contributed by atoms with van der Waals surface area (Å²) in [4.78, 5) is 18.3. The number of ether oxygens (including phenoxy) is 1. The number of aryl methyl sites for hydroxylation is 1. The summed E-state index contributed by atoms with van der Waals surface area (Å²) >= 11 is 0. The number of rotatable bonds is 5. The number of aromatic nitrogens is 1. The molecule has 6 heteroatoms. The minimum absolute atomic E-state index is 0.00764. The second kappa shape index (κ2) is 8.52. The van der Waals surface area contributed by atoms with E-state index in [1.165, 1.54) is 18.3 Å². The van der Waals surface area contributed by atoms with E-state index < -0.39 is 5.82 Å². The number of pyridine rings is 1. The van der Waals surface area contributed by atoms with Crippen LogP contribution in [0.15, 0.2) is 72.6 Å². The number of nitrogens with zero attached hydrogens (tertiary/aromatic N) is 2.